The maximum atomic E-state index is 10.9. The van der Waals surface area contributed by atoms with Crippen molar-refractivity contribution in [1.82, 2.24) is 0 Å². The van der Waals surface area contributed by atoms with E-state index in [0.717, 1.165) is 5.56 Å². The van der Waals surface area contributed by atoms with Crippen molar-refractivity contribution in [3.05, 3.63) is 37.8 Å². The Balaban J connectivity index is 3.35. The van der Waals surface area contributed by atoms with Gasteiger partial charge in [-0.15, -0.1) is 10.1 Å². The second-order valence-electron chi connectivity index (χ2n) is 4.56. The maximum Gasteiger partial charge on any atom is 0.299 e. The minimum atomic E-state index is -0.941. The van der Waals surface area contributed by atoms with E-state index >= 15 is 0 Å². The van der Waals surface area contributed by atoms with Gasteiger partial charge in [-0.25, -0.2) is 0 Å². The third-order valence-electron chi connectivity index (χ3n) is 2.23. The van der Waals surface area contributed by atoms with Gasteiger partial charge in [-0.1, -0.05) is 20.8 Å². The molecule has 17 heavy (non-hydrogen) atoms. The Morgan fingerprint density at radius 1 is 1.41 bits per heavy atom. The molecule has 6 heteroatoms. The van der Waals surface area contributed by atoms with Crippen LogP contribution in [-0.2, 0) is 5.41 Å². The number of aldehydes is 1. The van der Waals surface area contributed by atoms with E-state index in [1.54, 1.807) is 12.1 Å². The zero-order chi connectivity index (χ0) is 13.2. The number of rotatable bonds is 3. The number of carbonyl (C=O) groups excluding carboxylic acids is 1. The fourth-order valence-corrected chi connectivity index (χ4v) is 1.85. The zero-order valence-corrected chi connectivity index (χ0v) is 11.3. The SMILES string of the molecule is CC(C)(C)c1cc(Br)c(O[N+](=O)[O-])c(C=O)c1. The van der Waals surface area contributed by atoms with Gasteiger partial charge in [0.1, 0.15) is 5.75 Å². The first-order chi connectivity index (χ1) is 7.75. The Morgan fingerprint density at radius 2 is 2.00 bits per heavy atom. The van der Waals surface area contributed by atoms with E-state index in [-0.39, 0.29) is 16.7 Å². The highest BCUT2D eigenvalue weighted by atomic mass is 79.9. The van der Waals surface area contributed by atoms with Crippen molar-refractivity contribution in [2.75, 3.05) is 0 Å². The number of hydrogen-bond donors (Lipinski definition) is 0. The summed E-state index contributed by atoms with van der Waals surface area (Å²) in [5.41, 5.74) is 0.885. The van der Waals surface area contributed by atoms with Crippen LogP contribution in [0.2, 0.25) is 0 Å². The molecule has 0 aliphatic carbocycles. The largest absolute Gasteiger partial charge is 0.299 e. The average molecular weight is 302 g/mol. The molecule has 0 aromatic heterocycles. The van der Waals surface area contributed by atoms with Gasteiger partial charge in [0.05, 0.1) is 0 Å². The van der Waals surface area contributed by atoms with Gasteiger partial charge in [0.25, 0.3) is 5.09 Å². The van der Waals surface area contributed by atoms with Crippen molar-refractivity contribution < 1.29 is 14.7 Å². The normalized spacial score (nSPS) is 11.1. The zero-order valence-electron chi connectivity index (χ0n) is 9.69. The minimum absolute atomic E-state index is 0.0713. The highest BCUT2D eigenvalue weighted by Gasteiger charge is 2.19. The topological polar surface area (TPSA) is 69.4 Å². The van der Waals surface area contributed by atoms with E-state index in [2.05, 4.69) is 20.8 Å². The van der Waals surface area contributed by atoms with Crippen molar-refractivity contribution in [2.45, 2.75) is 26.2 Å². The van der Waals surface area contributed by atoms with Gasteiger partial charge < -0.3 is 0 Å². The van der Waals surface area contributed by atoms with Crippen LogP contribution in [0.15, 0.2) is 16.6 Å². The van der Waals surface area contributed by atoms with Crippen LogP contribution in [0.4, 0.5) is 0 Å². The van der Waals surface area contributed by atoms with Gasteiger partial charge in [-0.05, 0) is 39.0 Å². The summed E-state index contributed by atoms with van der Waals surface area (Å²) in [4.78, 5) is 25.6. The lowest BCUT2D eigenvalue weighted by Crippen LogP contribution is -2.13. The second-order valence-corrected chi connectivity index (χ2v) is 5.41. The number of carbonyl (C=O) groups is 1. The van der Waals surface area contributed by atoms with E-state index < -0.39 is 5.09 Å². The molecule has 0 N–H and O–H groups in total. The Labute approximate surface area is 107 Å². The van der Waals surface area contributed by atoms with Gasteiger partial charge in [-0.2, -0.15) is 0 Å². The summed E-state index contributed by atoms with van der Waals surface area (Å²) in [6, 6.07) is 3.31. The summed E-state index contributed by atoms with van der Waals surface area (Å²) in [5, 5.41) is 9.38. The van der Waals surface area contributed by atoms with Crippen molar-refractivity contribution in [1.29, 1.82) is 0 Å². The van der Waals surface area contributed by atoms with Gasteiger partial charge in [0.2, 0.25) is 0 Å². The number of halogens is 1. The molecule has 0 spiro atoms. The van der Waals surface area contributed by atoms with Crippen LogP contribution in [0.3, 0.4) is 0 Å². The molecule has 1 aromatic rings. The molecule has 0 saturated carbocycles. The maximum absolute atomic E-state index is 10.9. The Morgan fingerprint density at radius 3 is 2.41 bits per heavy atom. The fourth-order valence-electron chi connectivity index (χ4n) is 1.31. The highest BCUT2D eigenvalue weighted by molar-refractivity contribution is 9.10. The predicted octanol–water partition coefficient (Wildman–Crippen LogP) is 3.13. The molecule has 0 aliphatic rings. The summed E-state index contributed by atoms with van der Waals surface area (Å²) < 4.78 is 0.392. The molecule has 1 rings (SSSR count). The summed E-state index contributed by atoms with van der Waals surface area (Å²) in [6.45, 7) is 5.95. The predicted molar refractivity (Wildman–Crippen MR) is 65.9 cm³/mol. The summed E-state index contributed by atoms with van der Waals surface area (Å²) >= 11 is 3.17. The molecule has 0 heterocycles. The van der Waals surface area contributed by atoms with E-state index in [9.17, 15) is 14.9 Å². The molecule has 1 aromatic carbocycles. The number of hydrogen-bond acceptors (Lipinski definition) is 4. The minimum Gasteiger partial charge on any atom is -0.298 e. The van der Waals surface area contributed by atoms with Crippen LogP contribution in [0, 0.1) is 10.1 Å². The monoisotopic (exact) mass is 301 g/mol. The van der Waals surface area contributed by atoms with Gasteiger partial charge in [0, 0.05) is 10.0 Å². The molecule has 0 amide bonds. The van der Waals surface area contributed by atoms with Gasteiger partial charge >= 0.3 is 0 Å². The Bertz CT molecular complexity index is 465. The molecular formula is C11H12BrNO4. The standard InChI is InChI=1S/C11H12BrNO4/c1-11(2,3)8-4-7(6-14)10(9(12)5-8)17-13(15)16/h4-6H,1-3H3. The van der Waals surface area contributed by atoms with E-state index in [0.29, 0.717) is 10.8 Å². The third kappa shape index (κ3) is 3.26. The van der Waals surface area contributed by atoms with Crippen LogP contribution < -0.4 is 4.84 Å². The molecule has 5 nitrogen and oxygen atoms in total. The molecule has 0 aliphatic heterocycles. The van der Waals surface area contributed by atoms with Crippen LogP contribution >= 0.6 is 15.9 Å². The van der Waals surface area contributed by atoms with E-state index in [4.69, 9.17) is 0 Å². The third-order valence-corrected chi connectivity index (χ3v) is 2.82. The highest BCUT2D eigenvalue weighted by Crippen LogP contribution is 2.34. The van der Waals surface area contributed by atoms with Crippen molar-refractivity contribution in [3.63, 3.8) is 0 Å². The van der Waals surface area contributed by atoms with E-state index in [1.165, 1.54) is 0 Å². The lowest BCUT2D eigenvalue weighted by molar-refractivity contribution is -0.711. The lowest BCUT2D eigenvalue weighted by atomic mass is 9.86. The van der Waals surface area contributed by atoms with Crippen molar-refractivity contribution in [2.24, 2.45) is 0 Å². The average Bonchev–Trinajstić information content (AvgIpc) is 2.18. The first-order valence-electron chi connectivity index (χ1n) is 4.87. The summed E-state index contributed by atoms with van der Waals surface area (Å²) in [5.74, 6) is -0.0713. The van der Waals surface area contributed by atoms with E-state index in [1.807, 2.05) is 20.8 Å². The van der Waals surface area contributed by atoms with Crippen LogP contribution in [0.25, 0.3) is 0 Å². The number of benzene rings is 1. The molecule has 92 valence electrons. The van der Waals surface area contributed by atoms with Gasteiger partial charge in [0.15, 0.2) is 6.29 Å². The molecule has 0 fully saturated rings. The molecule has 0 unspecified atom stereocenters. The van der Waals surface area contributed by atoms with Gasteiger partial charge in [-0.3, -0.25) is 9.63 Å². The number of nitrogens with zero attached hydrogens (tertiary/aromatic N) is 1. The second kappa shape index (κ2) is 4.83. The quantitative estimate of drug-likeness (QED) is 0.488. The molecule has 0 atom stereocenters. The molecule has 0 saturated heterocycles. The summed E-state index contributed by atoms with van der Waals surface area (Å²) in [7, 11) is 0. The first-order valence-corrected chi connectivity index (χ1v) is 5.66. The smallest absolute Gasteiger partial charge is 0.298 e. The van der Waals surface area contributed by atoms with Crippen molar-refractivity contribution >= 4 is 22.2 Å². The van der Waals surface area contributed by atoms with Crippen molar-refractivity contribution in [3.8, 4) is 5.75 Å². The van der Waals surface area contributed by atoms with Crippen LogP contribution in [0.5, 0.6) is 5.75 Å². The van der Waals surface area contributed by atoms with Crippen LogP contribution in [-0.4, -0.2) is 11.4 Å². The molecule has 0 bridgehead atoms. The fraction of sp³-hybridized carbons (Fsp3) is 0.364. The molecular weight excluding hydrogens is 290 g/mol. The summed E-state index contributed by atoms with van der Waals surface area (Å²) in [6.07, 6.45) is 0.541. The van der Waals surface area contributed by atoms with Crippen LogP contribution in [0.1, 0.15) is 36.7 Å². The Kier molecular flexibility index (Phi) is 3.87. The first kappa shape index (κ1) is 13.6. The Hall–Kier alpha value is -1.43. The lowest BCUT2D eigenvalue weighted by Gasteiger charge is -2.20. The molecule has 0 radical (unpaired) electrons.